The van der Waals surface area contributed by atoms with Gasteiger partial charge in [-0.25, -0.2) is 0 Å². The van der Waals surface area contributed by atoms with E-state index in [9.17, 15) is 0 Å². The molecule has 1 aliphatic heterocycles. The minimum absolute atomic E-state index is 0.0409. The van der Waals surface area contributed by atoms with Crippen molar-refractivity contribution >= 4 is 5.69 Å². The summed E-state index contributed by atoms with van der Waals surface area (Å²) in [4.78, 5) is 2.51. The standard InChI is InChI=1S/C14H22N2/c1-14(2,15-3)12-8-4-5-9-13(12)16-10-6-7-11-16/h4-5,8-9,15H,6-7,10-11H2,1-3H3. The SMILES string of the molecule is CNC(C)(C)c1ccccc1N1CCCC1. The Kier molecular flexibility index (Phi) is 3.20. The Balaban J connectivity index is 2.37. The molecule has 0 saturated carbocycles. The van der Waals surface area contributed by atoms with Gasteiger partial charge >= 0.3 is 0 Å². The average molecular weight is 218 g/mol. The molecule has 0 bridgehead atoms. The zero-order chi connectivity index (χ0) is 11.6. The molecule has 2 rings (SSSR count). The fourth-order valence-electron chi connectivity index (χ4n) is 2.37. The van der Waals surface area contributed by atoms with Gasteiger partial charge in [0.1, 0.15) is 0 Å². The lowest BCUT2D eigenvalue weighted by atomic mass is 9.92. The van der Waals surface area contributed by atoms with Crippen molar-refractivity contribution in [1.82, 2.24) is 5.32 Å². The van der Waals surface area contributed by atoms with Crippen molar-refractivity contribution in [1.29, 1.82) is 0 Å². The lowest BCUT2D eigenvalue weighted by Crippen LogP contribution is -2.35. The molecule has 0 unspecified atom stereocenters. The number of nitrogens with one attached hydrogen (secondary N) is 1. The van der Waals surface area contributed by atoms with Crippen molar-refractivity contribution < 1.29 is 0 Å². The maximum Gasteiger partial charge on any atom is 0.0417 e. The zero-order valence-electron chi connectivity index (χ0n) is 10.6. The van der Waals surface area contributed by atoms with Gasteiger partial charge in [0.15, 0.2) is 0 Å². The molecule has 0 aliphatic carbocycles. The first-order valence-electron chi connectivity index (χ1n) is 6.18. The number of anilines is 1. The van der Waals surface area contributed by atoms with Gasteiger partial charge in [-0.3, -0.25) is 0 Å². The molecule has 1 fully saturated rings. The molecule has 0 amide bonds. The van der Waals surface area contributed by atoms with Gasteiger partial charge in [-0.05, 0) is 45.4 Å². The van der Waals surface area contributed by atoms with Crippen molar-refractivity contribution in [2.75, 3.05) is 25.0 Å². The number of para-hydroxylation sites is 1. The summed E-state index contributed by atoms with van der Waals surface area (Å²) in [6.45, 7) is 6.89. The fraction of sp³-hybridized carbons (Fsp3) is 0.571. The Labute approximate surface area is 98.7 Å². The van der Waals surface area contributed by atoms with Crippen LogP contribution in [0.4, 0.5) is 5.69 Å². The van der Waals surface area contributed by atoms with Gasteiger partial charge in [0, 0.05) is 24.3 Å². The second-order valence-electron chi connectivity index (χ2n) is 5.09. The quantitative estimate of drug-likeness (QED) is 0.839. The maximum atomic E-state index is 3.39. The summed E-state index contributed by atoms with van der Waals surface area (Å²) in [6.07, 6.45) is 2.66. The third-order valence-corrected chi connectivity index (χ3v) is 3.65. The van der Waals surface area contributed by atoms with Crippen LogP contribution in [0.25, 0.3) is 0 Å². The third kappa shape index (κ3) is 2.07. The van der Waals surface area contributed by atoms with Gasteiger partial charge in [-0.1, -0.05) is 18.2 Å². The van der Waals surface area contributed by atoms with E-state index in [2.05, 4.69) is 48.3 Å². The summed E-state index contributed by atoms with van der Waals surface area (Å²) in [6, 6.07) is 8.76. The molecule has 16 heavy (non-hydrogen) atoms. The van der Waals surface area contributed by atoms with Gasteiger partial charge in [0.2, 0.25) is 0 Å². The van der Waals surface area contributed by atoms with E-state index in [-0.39, 0.29) is 5.54 Å². The van der Waals surface area contributed by atoms with Gasteiger partial charge < -0.3 is 10.2 Å². The Morgan fingerprint density at radius 2 is 1.75 bits per heavy atom. The third-order valence-electron chi connectivity index (χ3n) is 3.65. The molecule has 2 nitrogen and oxygen atoms in total. The Bertz CT molecular complexity index is 352. The largest absolute Gasteiger partial charge is 0.371 e. The van der Waals surface area contributed by atoms with Crippen LogP contribution in [0, 0.1) is 0 Å². The number of benzene rings is 1. The number of hydrogen-bond acceptors (Lipinski definition) is 2. The second-order valence-corrected chi connectivity index (χ2v) is 5.09. The van der Waals surface area contributed by atoms with Crippen LogP contribution in [-0.4, -0.2) is 20.1 Å². The molecule has 88 valence electrons. The normalized spacial score (nSPS) is 16.8. The van der Waals surface area contributed by atoms with Crippen LogP contribution in [0.3, 0.4) is 0 Å². The van der Waals surface area contributed by atoms with Crippen LogP contribution >= 0.6 is 0 Å². The lowest BCUT2D eigenvalue weighted by Gasteiger charge is -2.31. The molecular weight excluding hydrogens is 196 g/mol. The number of rotatable bonds is 3. The van der Waals surface area contributed by atoms with E-state index in [1.54, 1.807) is 0 Å². The first-order chi connectivity index (χ1) is 7.65. The average Bonchev–Trinajstić information content (AvgIpc) is 2.82. The summed E-state index contributed by atoms with van der Waals surface area (Å²) >= 11 is 0. The summed E-state index contributed by atoms with van der Waals surface area (Å²) in [5, 5.41) is 3.39. The van der Waals surface area contributed by atoms with E-state index in [1.165, 1.54) is 37.2 Å². The molecule has 0 spiro atoms. The molecular formula is C14H22N2. The van der Waals surface area contributed by atoms with Gasteiger partial charge in [-0.15, -0.1) is 0 Å². The van der Waals surface area contributed by atoms with Crippen LogP contribution in [0.1, 0.15) is 32.3 Å². The molecule has 0 aromatic heterocycles. The van der Waals surface area contributed by atoms with Crippen molar-refractivity contribution in [3.63, 3.8) is 0 Å². The molecule has 1 saturated heterocycles. The highest BCUT2D eigenvalue weighted by molar-refractivity contribution is 5.56. The molecule has 1 aromatic rings. The minimum atomic E-state index is 0.0409. The summed E-state index contributed by atoms with van der Waals surface area (Å²) in [5.74, 6) is 0. The van der Waals surface area contributed by atoms with Gasteiger partial charge in [-0.2, -0.15) is 0 Å². The molecule has 2 heteroatoms. The topological polar surface area (TPSA) is 15.3 Å². The molecule has 1 aliphatic rings. The minimum Gasteiger partial charge on any atom is -0.371 e. The van der Waals surface area contributed by atoms with Crippen molar-refractivity contribution in [2.45, 2.75) is 32.2 Å². The predicted molar refractivity (Wildman–Crippen MR) is 70.0 cm³/mol. The number of nitrogens with zero attached hydrogens (tertiary/aromatic N) is 1. The predicted octanol–water partition coefficient (Wildman–Crippen LogP) is 2.74. The molecule has 0 atom stereocenters. The Morgan fingerprint density at radius 1 is 1.12 bits per heavy atom. The first-order valence-corrected chi connectivity index (χ1v) is 6.18. The highest BCUT2D eigenvalue weighted by atomic mass is 15.1. The van der Waals surface area contributed by atoms with E-state index in [0.717, 1.165) is 0 Å². The van der Waals surface area contributed by atoms with E-state index in [0.29, 0.717) is 0 Å². The molecule has 1 heterocycles. The van der Waals surface area contributed by atoms with E-state index in [4.69, 9.17) is 0 Å². The van der Waals surface area contributed by atoms with E-state index in [1.807, 2.05) is 7.05 Å². The Morgan fingerprint density at radius 3 is 2.38 bits per heavy atom. The zero-order valence-corrected chi connectivity index (χ0v) is 10.6. The van der Waals surface area contributed by atoms with Crippen LogP contribution in [0.15, 0.2) is 24.3 Å². The highest BCUT2D eigenvalue weighted by Gasteiger charge is 2.24. The van der Waals surface area contributed by atoms with Crippen LogP contribution < -0.4 is 10.2 Å². The maximum absolute atomic E-state index is 3.39. The van der Waals surface area contributed by atoms with Crippen LogP contribution in [0.5, 0.6) is 0 Å². The van der Waals surface area contributed by atoms with E-state index < -0.39 is 0 Å². The fourth-order valence-corrected chi connectivity index (χ4v) is 2.37. The van der Waals surface area contributed by atoms with Crippen LogP contribution in [0.2, 0.25) is 0 Å². The molecule has 0 radical (unpaired) electrons. The summed E-state index contributed by atoms with van der Waals surface area (Å²) < 4.78 is 0. The van der Waals surface area contributed by atoms with E-state index >= 15 is 0 Å². The molecule has 1 N–H and O–H groups in total. The van der Waals surface area contributed by atoms with Crippen molar-refractivity contribution in [3.05, 3.63) is 29.8 Å². The van der Waals surface area contributed by atoms with Gasteiger partial charge in [0.05, 0.1) is 0 Å². The summed E-state index contributed by atoms with van der Waals surface area (Å²) in [5.41, 5.74) is 2.85. The molecule has 1 aromatic carbocycles. The number of hydrogen-bond donors (Lipinski definition) is 1. The highest BCUT2D eigenvalue weighted by Crippen LogP contribution is 2.31. The lowest BCUT2D eigenvalue weighted by molar-refractivity contribution is 0.444. The van der Waals surface area contributed by atoms with Crippen molar-refractivity contribution in [2.24, 2.45) is 0 Å². The second kappa shape index (κ2) is 4.46. The Hall–Kier alpha value is -1.02. The van der Waals surface area contributed by atoms with Gasteiger partial charge in [0.25, 0.3) is 0 Å². The van der Waals surface area contributed by atoms with Crippen LogP contribution in [-0.2, 0) is 5.54 Å². The van der Waals surface area contributed by atoms with Crippen molar-refractivity contribution in [3.8, 4) is 0 Å². The smallest absolute Gasteiger partial charge is 0.0417 e. The monoisotopic (exact) mass is 218 g/mol. The first kappa shape index (κ1) is 11.5. The summed E-state index contributed by atoms with van der Waals surface area (Å²) in [7, 11) is 2.03.